The molecule has 1 aromatic carbocycles. The van der Waals surface area contributed by atoms with Crippen LogP contribution in [0.25, 0.3) is 0 Å². The second-order valence-electron chi connectivity index (χ2n) is 3.54. The molecule has 1 aromatic rings. The molecule has 0 bridgehead atoms. The van der Waals surface area contributed by atoms with Crippen molar-refractivity contribution in [2.75, 3.05) is 12.4 Å². The number of carbonyl (C=O) groups is 1. The summed E-state index contributed by atoms with van der Waals surface area (Å²) in [7, 11) is 1.51. The molecule has 0 heterocycles. The number of carbonyl (C=O) groups excluding carboxylic acids is 1. The van der Waals surface area contributed by atoms with Gasteiger partial charge in [-0.05, 0) is 31.2 Å². The largest absolute Gasteiger partial charge is 0.497 e. The first-order chi connectivity index (χ1) is 8.32. The first-order valence-electron chi connectivity index (χ1n) is 5.03. The number of halogens is 3. The third-order valence-electron chi connectivity index (χ3n) is 2.06. The maximum absolute atomic E-state index is 12.0. The van der Waals surface area contributed by atoms with Crippen molar-refractivity contribution in [1.29, 1.82) is 0 Å². The van der Waals surface area contributed by atoms with E-state index in [1.165, 1.54) is 14.0 Å². The van der Waals surface area contributed by atoms with Gasteiger partial charge in [-0.25, -0.2) is 0 Å². The van der Waals surface area contributed by atoms with Crippen LogP contribution in [0, 0.1) is 0 Å². The molecule has 18 heavy (non-hydrogen) atoms. The van der Waals surface area contributed by atoms with E-state index < -0.39 is 12.0 Å². The quantitative estimate of drug-likeness (QED) is 0.844. The van der Waals surface area contributed by atoms with Gasteiger partial charge in [-0.2, -0.15) is 13.2 Å². The molecule has 0 aliphatic rings. The summed E-state index contributed by atoms with van der Waals surface area (Å²) in [6.45, 7) is 1.38. The number of allylic oxidation sites excluding steroid dienone is 2. The van der Waals surface area contributed by atoms with Gasteiger partial charge in [-0.1, -0.05) is 0 Å². The van der Waals surface area contributed by atoms with Crippen LogP contribution in [0.3, 0.4) is 0 Å². The summed E-state index contributed by atoms with van der Waals surface area (Å²) in [6, 6.07) is 6.57. The molecule has 0 fully saturated rings. The molecule has 1 N–H and O–H groups in total. The highest BCUT2D eigenvalue weighted by molar-refractivity contribution is 5.95. The topological polar surface area (TPSA) is 38.3 Å². The lowest BCUT2D eigenvalue weighted by Crippen LogP contribution is -2.21. The van der Waals surface area contributed by atoms with Gasteiger partial charge in [0.2, 0.25) is 0 Å². The average molecular weight is 259 g/mol. The molecule has 3 nitrogen and oxygen atoms in total. The van der Waals surface area contributed by atoms with E-state index in [0.717, 1.165) is 0 Å². The Morgan fingerprint density at radius 2 is 1.83 bits per heavy atom. The van der Waals surface area contributed by atoms with Gasteiger partial charge in [0.15, 0.2) is 0 Å². The van der Waals surface area contributed by atoms with E-state index in [9.17, 15) is 18.0 Å². The van der Waals surface area contributed by atoms with E-state index in [0.29, 0.717) is 17.5 Å². The van der Waals surface area contributed by atoms with Crippen LogP contribution in [0.1, 0.15) is 6.92 Å². The highest BCUT2D eigenvalue weighted by atomic mass is 19.4. The smallest absolute Gasteiger partial charge is 0.454 e. The standard InChI is InChI=1S/C12H12F3NO2/c1-8(7-11(17)12(13,14)15)16-9-3-5-10(18-2)6-4-9/h3-7,16H,1-2H3/b8-7-. The van der Waals surface area contributed by atoms with Crippen LogP contribution in [-0.2, 0) is 4.79 Å². The Labute approximate surface area is 102 Å². The molecule has 0 saturated carbocycles. The Morgan fingerprint density at radius 1 is 1.28 bits per heavy atom. The van der Waals surface area contributed by atoms with Crippen LogP contribution in [0.15, 0.2) is 36.0 Å². The van der Waals surface area contributed by atoms with E-state index in [1.807, 2.05) is 0 Å². The summed E-state index contributed by atoms with van der Waals surface area (Å²) in [6.07, 6.45) is -4.33. The second kappa shape index (κ2) is 5.57. The van der Waals surface area contributed by atoms with Gasteiger partial charge >= 0.3 is 6.18 Å². The monoisotopic (exact) mass is 259 g/mol. The Bertz CT molecular complexity index is 449. The summed E-state index contributed by atoms with van der Waals surface area (Å²) in [4.78, 5) is 10.7. The zero-order chi connectivity index (χ0) is 13.8. The zero-order valence-corrected chi connectivity index (χ0v) is 9.84. The van der Waals surface area contributed by atoms with E-state index in [1.54, 1.807) is 24.3 Å². The first kappa shape index (κ1) is 14.1. The summed E-state index contributed by atoms with van der Waals surface area (Å²) in [5.74, 6) is -1.26. The molecular formula is C12H12F3NO2. The minimum Gasteiger partial charge on any atom is -0.497 e. The molecule has 98 valence electrons. The molecule has 0 saturated heterocycles. The molecule has 0 radical (unpaired) electrons. The number of hydrogen-bond acceptors (Lipinski definition) is 3. The average Bonchev–Trinajstić information content (AvgIpc) is 2.28. The molecular weight excluding hydrogens is 247 g/mol. The predicted molar refractivity (Wildman–Crippen MR) is 61.4 cm³/mol. The summed E-state index contributed by atoms with van der Waals surface area (Å²) in [5, 5.41) is 2.68. The normalized spacial score (nSPS) is 12.2. The molecule has 0 atom stereocenters. The van der Waals surface area contributed by atoms with Crippen molar-refractivity contribution < 1.29 is 22.7 Å². The zero-order valence-electron chi connectivity index (χ0n) is 9.84. The van der Waals surface area contributed by atoms with E-state index in [4.69, 9.17) is 4.74 Å². The van der Waals surface area contributed by atoms with Crippen molar-refractivity contribution in [3.05, 3.63) is 36.0 Å². The van der Waals surface area contributed by atoms with Crippen LogP contribution in [0.4, 0.5) is 18.9 Å². The SMILES string of the molecule is COc1ccc(N/C(C)=C\C(=O)C(F)(F)F)cc1. The first-order valence-corrected chi connectivity index (χ1v) is 5.03. The number of benzene rings is 1. The number of hydrogen-bond donors (Lipinski definition) is 1. The van der Waals surface area contributed by atoms with Crippen molar-refractivity contribution in [2.45, 2.75) is 13.1 Å². The fraction of sp³-hybridized carbons (Fsp3) is 0.250. The lowest BCUT2D eigenvalue weighted by Gasteiger charge is -2.08. The Kier molecular flexibility index (Phi) is 4.36. The molecule has 0 amide bonds. The number of ether oxygens (including phenoxy) is 1. The minimum absolute atomic E-state index is 0.113. The highest BCUT2D eigenvalue weighted by Gasteiger charge is 2.36. The van der Waals surface area contributed by atoms with Crippen LogP contribution in [0.2, 0.25) is 0 Å². The second-order valence-corrected chi connectivity index (χ2v) is 3.54. The van der Waals surface area contributed by atoms with E-state index in [2.05, 4.69) is 5.32 Å². The maximum Gasteiger partial charge on any atom is 0.454 e. The third-order valence-corrected chi connectivity index (χ3v) is 2.06. The van der Waals surface area contributed by atoms with E-state index in [-0.39, 0.29) is 5.70 Å². The molecule has 6 heteroatoms. The van der Waals surface area contributed by atoms with Gasteiger partial charge in [-0.3, -0.25) is 4.79 Å². The van der Waals surface area contributed by atoms with Crippen LogP contribution >= 0.6 is 0 Å². The number of ketones is 1. The van der Waals surface area contributed by atoms with E-state index >= 15 is 0 Å². The number of methoxy groups -OCH3 is 1. The van der Waals surface area contributed by atoms with Gasteiger partial charge in [0, 0.05) is 17.5 Å². The van der Waals surface area contributed by atoms with Crippen molar-refractivity contribution in [2.24, 2.45) is 0 Å². The Hall–Kier alpha value is -1.98. The van der Waals surface area contributed by atoms with Crippen molar-refractivity contribution in [3.63, 3.8) is 0 Å². The van der Waals surface area contributed by atoms with Gasteiger partial charge < -0.3 is 10.1 Å². The van der Waals surface area contributed by atoms with Crippen molar-refractivity contribution in [1.82, 2.24) is 0 Å². The van der Waals surface area contributed by atoms with Crippen LogP contribution < -0.4 is 10.1 Å². The van der Waals surface area contributed by atoms with Gasteiger partial charge in [0.1, 0.15) is 5.75 Å². The molecule has 1 rings (SSSR count). The number of nitrogens with one attached hydrogen (secondary N) is 1. The number of rotatable bonds is 4. The van der Waals surface area contributed by atoms with Gasteiger partial charge in [0.05, 0.1) is 7.11 Å². The maximum atomic E-state index is 12.0. The fourth-order valence-electron chi connectivity index (χ4n) is 1.22. The van der Waals surface area contributed by atoms with Crippen molar-refractivity contribution >= 4 is 11.5 Å². The Morgan fingerprint density at radius 3 is 2.28 bits per heavy atom. The molecule has 0 unspecified atom stereocenters. The lowest BCUT2D eigenvalue weighted by molar-refractivity contribution is -0.165. The lowest BCUT2D eigenvalue weighted by atomic mass is 10.2. The van der Waals surface area contributed by atoms with Gasteiger partial charge in [0.25, 0.3) is 5.78 Å². The predicted octanol–water partition coefficient (Wildman–Crippen LogP) is 3.14. The van der Waals surface area contributed by atoms with Gasteiger partial charge in [-0.15, -0.1) is 0 Å². The Balaban J connectivity index is 2.72. The fourth-order valence-corrected chi connectivity index (χ4v) is 1.22. The highest BCUT2D eigenvalue weighted by Crippen LogP contribution is 2.19. The summed E-state index contributed by atoms with van der Waals surface area (Å²) in [5.41, 5.74) is 0.682. The number of alkyl halides is 3. The molecule has 0 spiro atoms. The van der Waals surface area contributed by atoms with Crippen LogP contribution in [0.5, 0.6) is 5.75 Å². The molecule has 0 aromatic heterocycles. The summed E-state index contributed by atoms with van der Waals surface area (Å²) < 4.78 is 41.0. The number of anilines is 1. The molecule has 0 aliphatic carbocycles. The molecule has 0 aliphatic heterocycles. The summed E-state index contributed by atoms with van der Waals surface area (Å²) >= 11 is 0. The van der Waals surface area contributed by atoms with Crippen molar-refractivity contribution in [3.8, 4) is 5.75 Å². The minimum atomic E-state index is -4.84. The third kappa shape index (κ3) is 4.12. The van der Waals surface area contributed by atoms with Crippen LogP contribution in [-0.4, -0.2) is 19.1 Å².